The van der Waals surface area contributed by atoms with Crippen LogP contribution in [0.4, 0.5) is 18.9 Å². The quantitative estimate of drug-likeness (QED) is 0.693. The van der Waals surface area contributed by atoms with Crippen molar-refractivity contribution in [3.05, 3.63) is 59.7 Å². The summed E-state index contributed by atoms with van der Waals surface area (Å²) in [6, 6.07) is 13.4. The van der Waals surface area contributed by atoms with E-state index in [0.29, 0.717) is 38.3 Å². The average molecular weight is 446 g/mol. The monoisotopic (exact) mass is 446 g/mol. The van der Waals surface area contributed by atoms with E-state index < -0.39 is 6.36 Å². The molecule has 9 heteroatoms. The van der Waals surface area contributed by atoms with Crippen molar-refractivity contribution in [3.8, 4) is 5.75 Å². The number of carbonyl (C=O) groups is 1. The Morgan fingerprint density at radius 1 is 0.969 bits per heavy atom. The number of alkyl halides is 3. The van der Waals surface area contributed by atoms with Gasteiger partial charge in [-0.05, 0) is 48.9 Å². The van der Waals surface area contributed by atoms with Crippen LogP contribution < -0.4 is 9.75 Å². The van der Waals surface area contributed by atoms with Crippen molar-refractivity contribution in [2.24, 2.45) is 5.10 Å². The number of carbonyl (C=O) groups excluding carboxylic acids is 1. The summed E-state index contributed by atoms with van der Waals surface area (Å²) in [5.74, 6) is -0.222. The van der Waals surface area contributed by atoms with Crippen LogP contribution in [-0.4, -0.2) is 60.5 Å². The minimum Gasteiger partial charge on any atom is -0.406 e. The van der Waals surface area contributed by atoms with Gasteiger partial charge in [-0.3, -0.25) is 14.7 Å². The number of nitrogens with zero attached hydrogens (tertiary/aromatic N) is 4. The Kier molecular flexibility index (Phi) is 6.36. The Hall–Kier alpha value is -3.07. The molecule has 0 aromatic heterocycles. The minimum absolute atomic E-state index is 0.00551. The van der Waals surface area contributed by atoms with Crippen LogP contribution in [0.1, 0.15) is 29.3 Å². The van der Waals surface area contributed by atoms with E-state index in [1.54, 1.807) is 12.1 Å². The topological polar surface area (TPSA) is 48.4 Å². The first-order chi connectivity index (χ1) is 15.3. The molecule has 170 valence electrons. The van der Waals surface area contributed by atoms with E-state index in [1.165, 1.54) is 12.1 Å². The molecule has 2 aromatic rings. The van der Waals surface area contributed by atoms with Gasteiger partial charge in [-0.1, -0.05) is 12.1 Å². The summed E-state index contributed by atoms with van der Waals surface area (Å²) in [6.45, 7) is 6.09. The maximum atomic E-state index is 12.9. The molecule has 1 amide bonds. The van der Waals surface area contributed by atoms with Gasteiger partial charge in [0.15, 0.2) is 0 Å². The van der Waals surface area contributed by atoms with Crippen LogP contribution in [-0.2, 0) is 6.54 Å². The molecule has 2 aliphatic heterocycles. The largest absolute Gasteiger partial charge is 0.573 e. The fourth-order valence-electron chi connectivity index (χ4n) is 3.88. The van der Waals surface area contributed by atoms with Gasteiger partial charge in [0, 0.05) is 57.0 Å². The number of rotatable bonds is 5. The highest BCUT2D eigenvalue weighted by molar-refractivity contribution is 5.94. The molecule has 2 aromatic carbocycles. The molecule has 4 rings (SSSR count). The highest BCUT2D eigenvalue weighted by Crippen LogP contribution is 2.24. The molecule has 2 aliphatic rings. The average Bonchev–Trinajstić information content (AvgIpc) is 3.21. The van der Waals surface area contributed by atoms with Crippen LogP contribution in [0.15, 0.2) is 53.6 Å². The molecular formula is C23H25F3N4O2. The normalized spacial score (nSPS) is 17.4. The van der Waals surface area contributed by atoms with Crippen LogP contribution in [0.5, 0.6) is 5.75 Å². The standard InChI is InChI=1S/C23H25F3N4O2/c1-17-10-11-30(27-17)20-6-4-19(5-7-20)22(31)29-14-12-28(13-15-29)16-18-2-8-21(9-3-18)32-23(24,25)26/h2-9H,10-16H2,1H3. The molecule has 0 spiro atoms. The first-order valence-corrected chi connectivity index (χ1v) is 10.5. The number of anilines is 1. The maximum Gasteiger partial charge on any atom is 0.573 e. The smallest absolute Gasteiger partial charge is 0.406 e. The lowest BCUT2D eigenvalue weighted by Crippen LogP contribution is -2.48. The van der Waals surface area contributed by atoms with Crippen LogP contribution in [0, 0.1) is 0 Å². The van der Waals surface area contributed by atoms with Crippen molar-refractivity contribution in [2.45, 2.75) is 26.3 Å². The van der Waals surface area contributed by atoms with Crippen LogP contribution >= 0.6 is 0 Å². The Bertz CT molecular complexity index is 966. The van der Waals surface area contributed by atoms with E-state index >= 15 is 0 Å². The zero-order valence-electron chi connectivity index (χ0n) is 17.8. The predicted molar refractivity (Wildman–Crippen MR) is 116 cm³/mol. The number of ether oxygens (including phenoxy) is 1. The first-order valence-electron chi connectivity index (χ1n) is 10.5. The number of hydrazone groups is 1. The molecule has 0 unspecified atom stereocenters. The molecule has 1 fully saturated rings. The third kappa shape index (κ3) is 5.59. The van der Waals surface area contributed by atoms with E-state index in [2.05, 4.69) is 14.7 Å². The van der Waals surface area contributed by atoms with E-state index in [9.17, 15) is 18.0 Å². The van der Waals surface area contributed by atoms with Gasteiger partial charge in [-0.25, -0.2) is 0 Å². The summed E-state index contributed by atoms with van der Waals surface area (Å²) in [4.78, 5) is 16.9. The molecule has 0 bridgehead atoms. The number of amides is 1. The molecule has 0 saturated carbocycles. The fourth-order valence-corrected chi connectivity index (χ4v) is 3.88. The maximum absolute atomic E-state index is 12.9. The number of hydrogen-bond donors (Lipinski definition) is 0. The van der Waals surface area contributed by atoms with Crippen molar-refractivity contribution >= 4 is 17.3 Å². The van der Waals surface area contributed by atoms with Crippen molar-refractivity contribution in [1.29, 1.82) is 0 Å². The summed E-state index contributed by atoms with van der Waals surface area (Å²) in [5.41, 5.74) is 3.64. The van der Waals surface area contributed by atoms with Crippen molar-refractivity contribution < 1.29 is 22.7 Å². The number of benzene rings is 2. The Labute approximate surface area is 184 Å². The van der Waals surface area contributed by atoms with Crippen molar-refractivity contribution in [1.82, 2.24) is 9.80 Å². The van der Waals surface area contributed by atoms with Crippen LogP contribution in [0.3, 0.4) is 0 Å². The highest BCUT2D eigenvalue weighted by atomic mass is 19.4. The van der Waals surface area contributed by atoms with Gasteiger partial charge in [0.25, 0.3) is 5.91 Å². The Balaban J connectivity index is 1.27. The third-order valence-corrected chi connectivity index (χ3v) is 5.61. The van der Waals surface area contributed by atoms with Crippen molar-refractivity contribution in [3.63, 3.8) is 0 Å². The predicted octanol–water partition coefficient (Wildman–Crippen LogP) is 4.13. The highest BCUT2D eigenvalue weighted by Gasteiger charge is 2.31. The van der Waals surface area contributed by atoms with E-state index in [4.69, 9.17) is 0 Å². The summed E-state index contributed by atoms with van der Waals surface area (Å²) in [5, 5.41) is 6.43. The third-order valence-electron chi connectivity index (χ3n) is 5.61. The number of halogens is 3. The number of piperazine rings is 1. The van der Waals surface area contributed by atoms with Gasteiger partial charge >= 0.3 is 6.36 Å². The molecule has 6 nitrogen and oxygen atoms in total. The van der Waals surface area contributed by atoms with Gasteiger partial charge in [-0.2, -0.15) is 5.10 Å². The summed E-state index contributed by atoms with van der Waals surface area (Å²) in [6.07, 6.45) is -3.73. The van der Waals surface area contributed by atoms with Gasteiger partial charge in [0.1, 0.15) is 5.75 Å². The molecule has 1 saturated heterocycles. The second kappa shape index (κ2) is 9.20. The molecule has 0 radical (unpaired) electrons. The second-order valence-corrected chi connectivity index (χ2v) is 8.02. The zero-order valence-corrected chi connectivity index (χ0v) is 17.8. The lowest BCUT2D eigenvalue weighted by molar-refractivity contribution is -0.274. The van der Waals surface area contributed by atoms with E-state index in [-0.39, 0.29) is 11.7 Å². The Morgan fingerprint density at radius 2 is 1.62 bits per heavy atom. The zero-order chi connectivity index (χ0) is 22.7. The molecule has 2 heterocycles. The van der Waals surface area contributed by atoms with E-state index in [1.807, 2.05) is 41.1 Å². The summed E-state index contributed by atoms with van der Waals surface area (Å²) < 4.78 is 40.7. The molecule has 0 atom stereocenters. The number of hydrogen-bond acceptors (Lipinski definition) is 5. The minimum atomic E-state index is -4.69. The summed E-state index contributed by atoms with van der Waals surface area (Å²) >= 11 is 0. The Morgan fingerprint density at radius 3 is 2.19 bits per heavy atom. The van der Waals surface area contributed by atoms with Gasteiger partial charge < -0.3 is 9.64 Å². The SMILES string of the molecule is CC1=NN(c2ccc(C(=O)N3CCN(Cc4ccc(OC(F)(F)F)cc4)CC3)cc2)CC1. The summed E-state index contributed by atoms with van der Waals surface area (Å²) in [7, 11) is 0. The fraction of sp³-hybridized carbons (Fsp3) is 0.391. The molecular weight excluding hydrogens is 421 g/mol. The molecule has 32 heavy (non-hydrogen) atoms. The van der Waals surface area contributed by atoms with Gasteiger partial charge in [0.05, 0.1) is 5.69 Å². The van der Waals surface area contributed by atoms with Gasteiger partial charge in [-0.15, -0.1) is 13.2 Å². The van der Waals surface area contributed by atoms with Crippen LogP contribution in [0.25, 0.3) is 0 Å². The first kappa shape index (κ1) is 22.1. The molecule has 0 aliphatic carbocycles. The lowest BCUT2D eigenvalue weighted by atomic mass is 10.1. The van der Waals surface area contributed by atoms with Crippen molar-refractivity contribution in [2.75, 3.05) is 37.7 Å². The van der Waals surface area contributed by atoms with Gasteiger partial charge in [0.2, 0.25) is 0 Å². The van der Waals surface area contributed by atoms with Crippen LogP contribution in [0.2, 0.25) is 0 Å². The lowest BCUT2D eigenvalue weighted by Gasteiger charge is -2.34. The molecule has 0 N–H and O–H groups in total. The van der Waals surface area contributed by atoms with E-state index in [0.717, 1.165) is 29.9 Å². The second-order valence-electron chi connectivity index (χ2n) is 8.02.